The number of nitrogens with one attached hydrogen (secondary N) is 10. The number of aliphatic hydroxyl groups excluding tert-OH is 10. The van der Waals surface area contributed by atoms with E-state index in [1.54, 1.807) is 6.92 Å². The molecular formula is C89H152N16NaO36P. The number of ether oxygens (including phenoxy) is 11. The molecular weight excluding hydrogens is 1920 g/mol. The summed E-state index contributed by atoms with van der Waals surface area (Å²) >= 11 is 0. The molecule has 810 valence electrons. The zero-order valence-corrected chi connectivity index (χ0v) is 85.5. The van der Waals surface area contributed by atoms with Crippen LogP contribution in [0.15, 0.2) is 12.7 Å². The van der Waals surface area contributed by atoms with E-state index in [0.29, 0.717) is 83.5 Å². The molecule has 22 atom stereocenters. The topological polar surface area (TPSA) is 743 Å². The van der Waals surface area contributed by atoms with E-state index in [9.17, 15) is 113 Å². The van der Waals surface area contributed by atoms with Gasteiger partial charge >= 0.3 is 29.6 Å². The number of nitrogen functional groups attached to an aromatic ring is 1. The molecule has 0 radical (unpaired) electrons. The van der Waals surface area contributed by atoms with Gasteiger partial charge in [0.2, 0.25) is 65.0 Å². The summed E-state index contributed by atoms with van der Waals surface area (Å²) in [7, 11) is -3.89. The Hall–Kier alpha value is -7.21. The Bertz CT molecular complexity index is 4100. The molecule has 5 saturated heterocycles. The van der Waals surface area contributed by atoms with Crippen LogP contribution in [-0.4, -0.2) is 407 Å². The number of methoxy groups -OCH3 is 1. The van der Waals surface area contributed by atoms with Crippen molar-refractivity contribution in [1.82, 2.24) is 77.6 Å². The van der Waals surface area contributed by atoms with E-state index in [1.807, 2.05) is 0 Å². The molecule has 0 saturated carbocycles. The number of rotatable bonds is 70. The molecule has 52 nitrogen and oxygen atoms in total. The summed E-state index contributed by atoms with van der Waals surface area (Å²) in [6.07, 6.45) is -9.19. The normalized spacial score (nSPS) is 25.8. The first-order valence-corrected chi connectivity index (χ1v) is 50.4. The fourth-order valence-corrected chi connectivity index (χ4v) is 17.6. The van der Waals surface area contributed by atoms with Crippen molar-refractivity contribution in [3.63, 3.8) is 0 Å². The van der Waals surface area contributed by atoms with Gasteiger partial charge < -0.3 is 181 Å². The van der Waals surface area contributed by atoms with E-state index >= 15 is 0 Å². The predicted octanol–water partition coefficient (Wildman–Crippen LogP) is -8.59. The van der Waals surface area contributed by atoms with Crippen molar-refractivity contribution in [3.05, 3.63) is 12.7 Å². The number of nitrogens with zero attached hydrogens (tertiary/aromatic N) is 5. The summed E-state index contributed by atoms with van der Waals surface area (Å²) in [6.45, 7) is 2.88. The molecule has 5 aliphatic rings. The number of aliphatic hydroxyl groups is 10. The molecule has 22 N–H and O–H groups in total. The smallest absolute Gasteiger partial charge is 0.756 e. The van der Waals surface area contributed by atoms with Crippen molar-refractivity contribution in [2.75, 3.05) is 145 Å². The van der Waals surface area contributed by atoms with Crippen molar-refractivity contribution in [3.8, 4) is 0 Å². The second-order valence-electron chi connectivity index (χ2n) is 35.9. The molecule has 2 aromatic heterocycles. The van der Waals surface area contributed by atoms with Gasteiger partial charge in [-0.15, -0.1) is 0 Å². The fraction of sp³-hybridized carbons (Fsp3) is 0.820. The molecule has 0 spiro atoms. The molecule has 11 amide bonds. The Labute approximate surface area is 852 Å². The van der Waals surface area contributed by atoms with Crippen LogP contribution in [0.3, 0.4) is 0 Å². The van der Waals surface area contributed by atoms with Crippen molar-refractivity contribution in [1.29, 1.82) is 0 Å². The van der Waals surface area contributed by atoms with Crippen molar-refractivity contribution in [2.24, 2.45) is 0 Å². The van der Waals surface area contributed by atoms with Crippen LogP contribution in [0.25, 0.3) is 11.2 Å². The number of imidazole rings is 1. The quantitative estimate of drug-likeness (QED) is 0.0166. The number of nitrogens with two attached hydrogens (primary N) is 1. The molecule has 0 bridgehead atoms. The van der Waals surface area contributed by atoms with Gasteiger partial charge in [-0.1, -0.05) is 38.5 Å². The van der Waals surface area contributed by atoms with E-state index < -0.39 is 210 Å². The number of hydrogen-bond donors (Lipinski definition) is 21. The minimum absolute atomic E-state index is 0. The molecule has 7 rings (SSSR count). The monoisotopic (exact) mass is 2080 g/mol. The number of phosphoric ester groups is 1. The third-order valence-corrected chi connectivity index (χ3v) is 25.2. The third kappa shape index (κ3) is 43.9. The van der Waals surface area contributed by atoms with Crippen molar-refractivity contribution in [2.45, 2.75) is 329 Å². The summed E-state index contributed by atoms with van der Waals surface area (Å²) < 4.78 is 89.9. The number of hydrogen-bond acceptors (Lipinski definition) is 40. The first-order chi connectivity index (χ1) is 68.0. The number of anilines is 1. The number of phosphoric acid groups is 1. The predicted molar refractivity (Wildman–Crippen MR) is 495 cm³/mol. The zero-order chi connectivity index (χ0) is 104. The van der Waals surface area contributed by atoms with E-state index in [-0.39, 0.29) is 233 Å². The van der Waals surface area contributed by atoms with E-state index in [1.165, 1.54) is 50.0 Å². The molecule has 143 heavy (non-hydrogen) atoms. The van der Waals surface area contributed by atoms with Crippen LogP contribution in [0.1, 0.15) is 201 Å². The molecule has 0 aliphatic carbocycles. The van der Waals surface area contributed by atoms with Gasteiger partial charge in [0.15, 0.2) is 36.6 Å². The largest absolute Gasteiger partial charge is 1.00 e. The summed E-state index contributed by atoms with van der Waals surface area (Å²) in [5.41, 5.74) is 4.99. The molecule has 54 heteroatoms. The van der Waals surface area contributed by atoms with Crippen LogP contribution in [0.2, 0.25) is 0 Å². The van der Waals surface area contributed by atoms with Gasteiger partial charge in [0.05, 0.1) is 90.6 Å². The Balaban J connectivity index is 0.0000313. The molecule has 5 aliphatic heterocycles. The molecule has 7 heterocycles. The van der Waals surface area contributed by atoms with Crippen LogP contribution in [-0.2, 0) is 118 Å². The van der Waals surface area contributed by atoms with E-state index in [2.05, 4.69) is 68.1 Å². The van der Waals surface area contributed by atoms with Gasteiger partial charge in [0.25, 0.3) is 7.82 Å². The first-order valence-electron chi connectivity index (χ1n) is 48.9. The Morgan fingerprint density at radius 3 is 1.27 bits per heavy atom. The molecule has 1 unspecified atom stereocenters. The molecule has 0 aromatic carbocycles. The summed E-state index contributed by atoms with van der Waals surface area (Å²) in [4.78, 5) is 168. The number of β-amino-alcohol motifs (C(OH)–C–C–N with tert-alkyl or cyclic N) is 1. The minimum Gasteiger partial charge on any atom is -0.756 e. The SMILES string of the molecule is CO[C@@H]1[C@H](OP(=O)([O-])OC[C@@H]2C[C@@H](O)CN2C(=O)CCCCCCCCCCC(=O)NC(COCCC(=O)NCCCNC(=O)CCCCO[C@@H]2O[C@H](C)[C@H](O)[C@H](O)[C@H]2NC(C)=O)(COCCC(=O)NCCCNC(=O)CCCCO[C@@H]2O[C@H](CO)[C@H](O)[C@H](O)[C@H]2NC(C)=O)COCCC(=O)NCCCNC(=O)CCCCO[C@@H]2O[C@H](CO)[C@H](O)[C@H](O)[C@H]2NC(C)=O)[C@@H](CO)O[C@H]1n1cnc2c(N)ncnc21.[Na+]. The summed E-state index contributed by atoms with van der Waals surface area (Å²) in [6, 6.07) is -4.05. The maximum Gasteiger partial charge on any atom is 1.00 e. The van der Waals surface area contributed by atoms with Crippen LogP contribution >= 0.6 is 7.82 Å². The van der Waals surface area contributed by atoms with Gasteiger partial charge in [-0.05, 0) is 84.0 Å². The molecule has 2 aromatic rings. The number of carbonyl (C=O) groups excluding carboxylic acids is 11. The van der Waals surface area contributed by atoms with E-state index in [4.69, 9.17) is 66.9 Å². The average molecular weight is 2080 g/mol. The van der Waals surface area contributed by atoms with Crippen LogP contribution < -0.4 is 93.4 Å². The number of aromatic nitrogens is 4. The minimum atomic E-state index is -5.20. The Morgan fingerprint density at radius 2 is 0.860 bits per heavy atom. The number of fused-ring (bicyclic) bond motifs is 1. The Morgan fingerprint density at radius 1 is 0.476 bits per heavy atom. The fourth-order valence-electron chi connectivity index (χ4n) is 16.6. The van der Waals surface area contributed by atoms with Gasteiger partial charge in [0, 0.05) is 145 Å². The van der Waals surface area contributed by atoms with Gasteiger partial charge in [-0.2, -0.15) is 0 Å². The van der Waals surface area contributed by atoms with Crippen LogP contribution in [0.5, 0.6) is 0 Å². The number of carbonyl (C=O) groups is 11. The number of unbranched alkanes of at least 4 members (excludes halogenated alkanes) is 10. The van der Waals surface area contributed by atoms with Gasteiger partial charge in [0.1, 0.15) is 103 Å². The van der Waals surface area contributed by atoms with Crippen LogP contribution in [0, 0.1) is 0 Å². The van der Waals surface area contributed by atoms with Gasteiger partial charge in [-0.25, -0.2) is 15.0 Å². The maximum absolute atomic E-state index is 14.2. The van der Waals surface area contributed by atoms with Gasteiger partial charge in [-0.3, -0.25) is 61.9 Å². The summed E-state index contributed by atoms with van der Waals surface area (Å²) in [5, 5.41) is 130. The molecule has 5 fully saturated rings. The standard InChI is InChI=1S/C89H153N16O36P.Na/c1-54-75(121)78(124)71(100-55(2)109)86(137-54)133-37-17-14-23-63(113)91-31-20-34-94-66(116)28-40-130-49-89(50-131-41-29-67(117)95-35-21-32-92-64(114)24-15-18-38-134-87-72(101-56(3)110)79(125)76(122)60(45-106)139-87,51-132-42-30-68(118)96-36-22-33-93-65(115)25-16-19-39-135-88-73(102-57(4)111)80(126)77(123)61(46-107)140-88)103-69(119)26-12-10-8-6-7-9-11-13-27-70(120)104-44-59(112)43-58(104)48-136-142(127,128)141-81-62(47-108)138-85(82(81)129-5)105-53-99-74-83(90)97-52-98-84(74)105;/h52-54,58-62,71-73,75-82,85-88,106-108,112,121-126H,6-51H2,1-5H3,(H,91,113)(H,92,114)(H,93,115)(H,94,116)(H,95,117)(H,96,118)(H,100,109)(H,101,110)(H,102,111)(H,103,119)(H,127,128)(H2,90,97,98);/q;+1/p-1/t54-,58+,59-,60-,61-,62-,71-,72-,73-,75+,76+,77+,78-,79-,80-,81-,82-,85-,86-,87-,88-;/m1./s1. The third-order valence-electron chi connectivity index (χ3n) is 24.2. The van der Waals surface area contributed by atoms with Crippen molar-refractivity contribution >= 4 is 89.8 Å². The van der Waals surface area contributed by atoms with Crippen molar-refractivity contribution < 1.29 is 204 Å². The first kappa shape index (κ1) is 124. The average Bonchev–Trinajstić information content (AvgIpc) is 1.62. The Kier molecular flexibility index (Phi) is 58.3. The number of likely N-dealkylation sites (tertiary alicyclic amines) is 1. The maximum atomic E-state index is 14.2. The van der Waals surface area contributed by atoms with Crippen LogP contribution in [0.4, 0.5) is 5.82 Å². The zero-order valence-electron chi connectivity index (χ0n) is 82.7. The van der Waals surface area contributed by atoms with E-state index in [0.717, 1.165) is 25.7 Å². The second kappa shape index (κ2) is 67.0. The number of amides is 11. The second-order valence-corrected chi connectivity index (χ2v) is 37.3. The summed E-state index contributed by atoms with van der Waals surface area (Å²) in [5.74, 6) is -4.10.